The van der Waals surface area contributed by atoms with Crippen LogP contribution in [0.4, 0.5) is 5.69 Å². The minimum atomic E-state index is -0.0209. The van der Waals surface area contributed by atoms with Crippen molar-refractivity contribution < 1.29 is 9.32 Å². The van der Waals surface area contributed by atoms with Gasteiger partial charge in [-0.1, -0.05) is 65.3 Å². The highest BCUT2D eigenvalue weighted by Gasteiger charge is 2.26. The first kappa shape index (κ1) is 22.3. The zero-order valence-electron chi connectivity index (χ0n) is 18.7. The van der Waals surface area contributed by atoms with Crippen molar-refractivity contribution in [3.8, 4) is 22.5 Å². The highest BCUT2D eigenvalue weighted by atomic mass is 35.5. The molecule has 0 atom stereocenters. The minimum absolute atomic E-state index is 0.0209. The number of halogens is 1. The Hall–Kier alpha value is -3.48. The predicted octanol–water partition coefficient (Wildman–Crippen LogP) is 5.91. The third-order valence-electron chi connectivity index (χ3n) is 6.16. The van der Waals surface area contributed by atoms with Gasteiger partial charge in [0.15, 0.2) is 0 Å². The van der Waals surface area contributed by atoms with Gasteiger partial charge >= 0.3 is 0 Å². The number of aromatic nitrogens is 2. The summed E-state index contributed by atoms with van der Waals surface area (Å²) in [4.78, 5) is 19.8. The Morgan fingerprint density at radius 2 is 1.65 bits per heavy atom. The normalized spacial score (nSPS) is 14.7. The second-order valence-electron chi connectivity index (χ2n) is 8.47. The first-order valence-corrected chi connectivity index (χ1v) is 11.8. The maximum absolute atomic E-state index is 13.0. The first-order valence-electron chi connectivity index (χ1n) is 11.4. The zero-order valence-corrected chi connectivity index (χ0v) is 19.4. The van der Waals surface area contributed by atoms with E-state index in [4.69, 9.17) is 16.1 Å². The van der Waals surface area contributed by atoms with Crippen molar-refractivity contribution in [3.05, 3.63) is 89.8 Å². The van der Waals surface area contributed by atoms with E-state index in [1.54, 1.807) is 12.1 Å². The molecular weight excluding hydrogens is 448 g/mol. The summed E-state index contributed by atoms with van der Waals surface area (Å²) >= 11 is 5.95. The fourth-order valence-electron chi connectivity index (χ4n) is 4.28. The molecular formula is C27H25ClN4O2. The molecule has 0 spiro atoms. The molecule has 0 unspecified atom stereocenters. The molecule has 7 heteroatoms. The Morgan fingerprint density at radius 1 is 0.941 bits per heavy atom. The molecule has 1 N–H and O–H groups in total. The van der Waals surface area contributed by atoms with E-state index in [9.17, 15) is 4.79 Å². The summed E-state index contributed by atoms with van der Waals surface area (Å²) in [6.07, 6.45) is 1.58. The molecule has 1 aliphatic rings. The topological polar surface area (TPSA) is 71.3 Å². The van der Waals surface area contributed by atoms with Crippen LogP contribution in [0, 0.1) is 5.92 Å². The minimum Gasteiger partial charge on any atom is -0.338 e. The van der Waals surface area contributed by atoms with Gasteiger partial charge in [0.25, 0.3) is 0 Å². The molecule has 1 aliphatic heterocycles. The molecule has 0 aliphatic carbocycles. The summed E-state index contributed by atoms with van der Waals surface area (Å²) in [5, 5.41) is 7.92. The van der Waals surface area contributed by atoms with Gasteiger partial charge in [0.1, 0.15) is 0 Å². The number of nitrogens with one attached hydrogen (secondary N) is 1. The monoisotopic (exact) mass is 472 g/mol. The van der Waals surface area contributed by atoms with Gasteiger partial charge in [0, 0.05) is 27.8 Å². The number of amides is 1. The average Bonchev–Trinajstić information content (AvgIpc) is 3.34. The van der Waals surface area contributed by atoms with Gasteiger partial charge in [0.2, 0.25) is 17.6 Å². The van der Waals surface area contributed by atoms with Crippen LogP contribution >= 0.6 is 11.6 Å². The molecule has 3 aromatic carbocycles. The number of para-hydroxylation sites is 1. The first-order chi connectivity index (χ1) is 16.7. The number of carbonyl (C=O) groups is 1. The Labute approximate surface area is 203 Å². The van der Waals surface area contributed by atoms with Crippen molar-refractivity contribution in [1.82, 2.24) is 15.0 Å². The lowest BCUT2D eigenvalue weighted by Crippen LogP contribution is -2.37. The van der Waals surface area contributed by atoms with Crippen molar-refractivity contribution >= 4 is 23.2 Å². The number of likely N-dealkylation sites (tertiary alicyclic amines) is 1. The second kappa shape index (κ2) is 10.2. The van der Waals surface area contributed by atoms with Crippen molar-refractivity contribution in [2.45, 2.75) is 19.4 Å². The molecule has 34 heavy (non-hydrogen) atoms. The quantitative estimate of drug-likeness (QED) is 0.378. The molecule has 5 rings (SSSR count). The van der Waals surface area contributed by atoms with E-state index in [1.165, 1.54) is 0 Å². The van der Waals surface area contributed by atoms with Crippen LogP contribution in [-0.4, -0.2) is 34.0 Å². The van der Waals surface area contributed by atoms with Crippen molar-refractivity contribution in [3.63, 3.8) is 0 Å². The van der Waals surface area contributed by atoms with E-state index in [2.05, 4.69) is 32.5 Å². The highest BCUT2D eigenvalue weighted by Crippen LogP contribution is 2.29. The molecule has 1 amide bonds. The van der Waals surface area contributed by atoms with Crippen LogP contribution in [-0.2, 0) is 11.3 Å². The van der Waals surface area contributed by atoms with Crippen LogP contribution in [0.5, 0.6) is 0 Å². The third kappa shape index (κ3) is 5.19. The number of piperidine rings is 1. The molecule has 6 nitrogen and oxygen atoms in total. The molecule has 2 heterocycles. The predicted molar refractivity (Wildman–Crippen MR) is 133 cm³/mol. The number of nitrogens with zero attached hydrogens (tertiary/aromatic N) is 3. The van der Waals surface area contributed by atoms with Crippen molar-refractivity contribution in [2.75, 3.05) is 18.4 Å². The second-order valence-corrected chi connectivity index (χ2v) is 8.91. The number of benzene rings is 3. The maximum Gasteiger partial charge on any atom is 0.241 e. The van der Waals surface area contributed by atoms with Crippen molar-refractivity contribution in [2.24, 2.45) is 5.92 Å². The lowest BCUT2D eigenvalue weighted by Gasteiger charge is -2.30. The van der Waals surface area contributed by atoms with Gasteiger partial charge in [-0.2, -0.15) is 4.98 Å². The van der Waals surface area contributed by atoms with Gasteiger partial charge in [-0.05, 0) is 61.8 Å². The van der Waals surface area contributed by atoms with Crippen molar-refractivity contribution in [1.29, 1.82) is 0 Å². The molecule has 0 bridgehead atoms. The van der Waals surface area contributed by atoms with E-state index < -0.39 is 0 Å². The number of hydrogen-bond acceptors (Lipinski definition) is 5. The smallest absolute Gasteiger partial charge is 0.241 e. The Bertz CT molecular complexity index is 1250. The zero-order chi connectivity index (χ0) is 23.3. The Balaban J connectivity index is 1.16. The van der Waals surface area contributed by atoms with Crippen LogP contribution in [0.15, 0.2) is 83.4 Å². The maximum atomic E-state index is 13.0. The number of rotatable bonds is 6. The van der Waals surface area contributed by atoms with Gasteiger partial charge in [-0.25, -0.2) is 0 Å². The summed E-state index contributed by atoms with van der Waals surface area (Å²) in [7, 11) is 0. The lowest BCUT2D eigenvalue weighted by molar-refractivity contribution is -0.121. The average molecular weight is 473 g/mol. The van der Waals surface area contributed by atoms with Crippen LogP contribution in [0.2, 0.25) is 5.02 Å². The van der Waals surface area contributed by atoms with E-state index in [0.29, 0.717) is 23.3 Å². The number of carbonyl (C=O) groups excluding carboxylic acids is 1. The van der Waals surface area contributed by atoms with Crippen LogP contribution in [0.3, 0.4) is 0 Å². The molecule has 0 radical (unpaired) electrons. The van der Waals surface area contributed by atoms with E-state index in [0.717, 1.165) is 48.3 Å². The fraction of sp³-hybridized carbons (Fsp3) is 0.222. The molecule has 1 saturated heterocycles. The SMILES string of the molecule is O=C(Nc1ccccc1-c1ccccc1)C1CCN(Cc2nc(-c3ccc(Cl)cc3)no2)CC1. The van der Waals surface area contributed by atoms with Crippen LogP contribution in [0.1, 0.15) is 18.7 Å². The lowest BCUT2D eigenvalue weighted by atomic mass is 9.95. The fourth-order valence-corrected chi connectivity index (χ4v) is 4.40. The summed E-state index contributed by atoms with van der Waals surface area (Å²) in [6.45, 7) is 2.18. The number of hydrogen-bond donors (Lipinski definition) is 1. The highest BCUT2D eigenvalue weighted by molar-refractivity contribution is 6.30. The molecule has 0 saturated carbocycles. The van der Waals surface area contributed by atoms with Gasteiger partial charge < -0.3 is 9.84 Å². The standard InChI is InChI=1S/C27H25ClN4O2/c28-22-12-10-20(11-13-22)26-30-25(34-31-26)18-32-16-14-21(15-17-32)27(33)29-24-9-5-4-8-23(24)19-6-2-1-3-7-19/h1-13,21H,14-18H2,(H,29,33). The molecule has 1 aromatic heterocycles. The van der Waals surface area contributed by atoms with Gasteiger partial charge in [-0.15, -0.1) is 0 Å². The van der Waals surface area contributed by atoms with Gasteiger partial charge in [-0.3, -0.25) is 9.69 Å². The molecule has 4 aromatic rings. The van der Waals surface area contributed by atoms with Crippen LogP contribution in [0.25, 0.3) is 22.5 Å². The molecule has 1 fully saturated rings. The van der Waals surface area contributed by atoms with Crippen LogP contribution < -0.4 is 5.32 Å². The van der Waals surface area contributed by atoms with E-state index in [-0.39, 0.29) is 11.8 Å². The largest absolute Gasteiger partial charge is 0.338 e. The summed E-state index contributed by atoms with van der Waals surface area (Å²) < 4.78 is 5.45. The summed E-state index contributed by atoms with van der Waals surface area (Å²) in [5.74, 6) is 1.18. The third-order valence-corrected chi connectivity index (χ3v) is 6.41. The van der Waals surface area contributed by atoms with E-state index >= 15 is 0 Å². The Kier molecular flexibility index (Phi) is 6.70. The summed E-state index contributed by atoms with van der Waals surface area (Å²) in [6, 6.07) is 25.4. The van der Waals surface area contributed by atoms with Gasteiger partial charge in [0.05, 0.1) is 6.54 Å². The summed E-state index contributed by atoms with van der Waals surface area (Å²) in [5.41, 5.74) is 3.83. The molecule has 172 valence electrons. The van der Waals surface area contributed by atoms with E-state index in [1.807, 2.05) is 54.6 Å². The number of anilines is 1. The Morgan fingerprint density at radius 3 is 2.41 bits per heavy atom.